The van der Waals surface area contributed by atoms with Gasteiger partial charge in [0.2, 0.25) is 0 Å². The number of amides is 2. The minimum atomic E-state index is -0.796. The summed E-state index contributed by atoms with van der Waals surface area (Å²) in [5, 5.41) is 0. The number of anilines is 1. The Hall–Kier alpha value is -2.37. The van der Waals surface area contributed by atoms with E-state index in [1.807, 2.05) is 0 Å². The Labute approximate surface area is 159 Å². The van der Waals surface area contributed by atoms with Crippen molar-refractivity contribution in [3.63, 3.8) is 0 Å². The lowest BCUT2D eigenvalue weighted by Crippen LogP contribution is -2.29. The molecule has 26 heavy (non-hydrogen) atoms. The van der Waals surface area contributed by atoms with Gasteiger partial charge in [-0.1, -0.05) is 12.1 Å². The van der Waals surface area contributed by atoms with Gasteiger partial charge in [-0.15, -0.1) is 23.2 Å². The Balaban J connectivity index is 1.47. The molecule has 0 N–H and O–H groups in total. The predicted octanol–water partition coefficient (Wildman–Crippen LogP) is 3.84. The minimum absolute atomic E-state index is 0.0487. The number of hydrogen-bond donors (Lipinski definition) is 0. The molecule has 0 spiro atoms. The Morgan fingerprint density at radius 3 is 2.08 bits per heavy atom. The molecular weight excluding hydrogens is 377 g/mol. The molecule has 2 aliphatic rings. The third kappa shape index (κ3) is 2.87. The molecule has 1 aliphatic carbocycles. The highest BCUT2D eigenvalue weighted by Crippen LogP contribution is 2.53. The van der Waals surface area contributed by atoms with Gasteiger partial charge in [-0.2, -0.15) is 0 Å². The number of carbonyl (C=O) groups excluding carboxylic acids is 3. The van der Waals surface area contributed by atoms with Crippen LogP contribution in [0.4, 0.5) is 5.69 Å². The first-order valence-corrected chi connectivity index (χ1v) is 8.77. The van der Waals surface area contributed by atoms with Crippen LogP contribution in [0.3, 0.4) is 0 Å². The lowest BCUT2D eigenvalue weighted by Gasteiger charge is -2.14. The highest BCUT2D eigenvalue weighted by molar-refractivity contribution is 6.50. The van der Waals surface area contributed by atoms with Gasteiger partial charge in [-0.05, 0) is 42.8 Å². The first-order chi connectivity index (χ1) is 12.4. The van der Waals surface area contributed by atoms with Crippen molar-refractivity contribution in [2.24, 2.45) is 5.92 Å². The van der Waals surface area contributed by atoms with Gasteiger partial charge >= 0.3 is 5.97 Å². The number of nitrogens with zero attached hydrogens (tertiary/aromatic N) is 1. The molecule has 5 nitrogen and oxygen atoms in total. The van der Waals surface area contributed by atoms with Crippen LogP contribution < -0.4 is 4.90 Å². The molecule has 0 bridgehead atoms. The second-order valence-electron chi connectivity index (χ2n) is 6.30. The highest BCUT2D eigenvalue weighted by Gasteiger charge is 2.52. The predicted molar refractivity (Wildman–Crippen MR) is 96.9 cm³/mol. The van der Waals surface area contributed by atoms with Crippen molar-refractivity contribution in [2.45, 2.75) is 10.8 Å². The summed E-state index contributed by atoms with van der Waals surface area (Å²) < 4.78 is 4.39. The van der Waals surface area contributed by atoms with Gasteiger partial charge in [0.05, 0.1) is 29.0 Å². The van der Waals surface area contributed by atoms with Crippen LogP contribution in [0.5, 0.6) is 0 Å². The molecule has 0 unspecified atom stereocenters. The number of rotatable bonds is 4. The number of hydrogen-bond acceptors (Lipinski definition) is 4. The van der Waals surface area contributed by atoms with Gasteiger partial charge in [-0.3, -0.25) is 9.59 Å². The van der Waals surface area contributed by atoms with E-state index in [0.29, 0.717) is 28.8 Å². The van der Waals surface area contributed by atoms with Crippen molar-refractivity contribution in [3.05, 3.63) is 65.2 Å². The van der Waals surface area contributed by atoms with E-state index in [-0.39, 0.29) is 24.3 Å². The van der Waals surface area contributed by atoms with Crippen LogP contribution in [0.1, 0.15) is 37.5 Å². The molecule has 1 atom stereocenters. The van der Waals surface area contributed by atoms with Crippen molar-refractivity contribution < 1.29 is 19.1 Å². The van der Waals surface area contributed by atoms with E-state index in [9.17, 15) is 14.4 Å². The fourth-order valence-corrected chi connectivity index (χ4v) is 3.38. The summed E-state index contributed by atoms with van der Waals surface area (Å²) in [7, 11) is 0. The van der Waals surface area contributed by atoms with Crippen LogP contribution in [0.2, 0.25) is 0 Å². The molecule has 2 aromatic rings. The summed E-state index contributed by atoms with van der Waals surface area (Å²) in [4.78, 5) is 38.1. The zero-order valence-electron chi connectivity index (χ0n) is 13.4. The van der Waals surface area contributed by atoms with E-state index < -0.39 is 10.3 Å². The Morgan fingerprint density at radius 2 is 1.58 bits per heavy atom. The summed E-state index contributed by atoms with van der Waals surface area (Å²) in [6.07, 6.45) is 0.599. The summed E-state index contributed by atoms with van der Waals surface area (Å²) in [6.45, 7) is 0.159. The maximum Gasteiger partial charge on any atom is 0.338 e. The number of carbonyl (C=O) groups is 3. The van der Waals surface area contributed by atoms with Gasteiger partial charge in [0.15, 0.2) is 0 Å². The Kier molecular flexibility index (Phi) is 4.01. The van der Waals surface area contributed by atoms with Gasteiger partial charge in [0.25, 0.3) is 11.8 Å². The molecule has 1 fully saturated rings. The molecule has 132 valence electrons. The lowest BCUT2D eigenvalue weighted by molar-refractivity contribution is 0.0485. The van der Waals surface area contributed by atoms with Gasteiger partial charge < -0.3 is 4.74 Å². The van der Waals surface area contributed by atoms with Crippen molar-refractivity contribution in [2.75, 3.05) is 11.5 Å². The van der Waals surface area contributed by atoms with E-state index in [0.717, 1.165) is 4.90 Å². The van der Waals surface area contributed by atoms with E-state index in [2.05, 4.69) is 0 Å². The topological polar surface area (TPSA) is 63.7 Å². The number of imide groups is 1. The summed E-state index contributed by atoms with van der Waals surface area (Å²) in [6, 6.07) is 12.8. The van der Waals surface area contributed by atoms with Gasteiger partial charge in [0.1, 0.15) is 4.33 Å². The minimum Gasteiger partial charge on any atom is -0.462 e. The Morgan fingerprint density at radius 1 is 1.04 bits per heavy atom. The van der Waals surface area contributed by atoms with E-state index in [1.165, 1.54) is 12.1 Å². The molecule has 2 amide bonds. The van der Waals surface area contributed by atoms with Gasteiger partial charge in [-0.25, -0.2) is 9.69 Å². The van der Waals surface area contributed by atoms with Crippen LogP contribution in [0.25, 0.3) is 0 Å². The third-order valence-corrected chi connectivity index (χ3v) is 5.45. The smallest absolute Gasteiger partial charge is 0.338 e. The van der Waals surface area contributed by atoms with E-state index >= 15 is 0 Å². The van der Waals surface area contributed by atoms with Crippen LogP contribution in [-0.2, 0) is 4.74 Å². The van der Waals surface area contributed by atoms with Crippen molar-refractivity contribution >= 4 is 46.7 Å². The molecule has 0 radical (unpaired) electrons. The molecule has 1 aliphatic heterocycles. The quantitative estimate of drug-likeness (QED) is 0.452. The SMILES string of the molecule is O=C(OC[C@H]1CC1(Cl)Cl)c1ccc(N2C(=O)c3ccccc3C2=O)cc1. The Bertz CT molecular complexity index is 888. The fraction of sp³-hybridized carbons (Fsp3) is 0.211. The average molecular weight is 390 g/mol. The highest BCUT2D eigenvalue weighted by atomic mass is 35.5. The molecule has 0 aromatic heterocycles. The molecule has 1 saturated carbocycles. The number of esters is 1. The first kappa shape index (κ1) is 17.1. The van der Waals surface area contributed by atoms with Crippen LogP contribution in [0, 0.1) is 5.92 Å². The third-order valence-electron chi connectivity index (χ3n) is 4.53. The molecule has 4 rings (SSSR count). The first-order valence-electron chi connectivity index (χ1n) is 8.01. The number of ether oxygens (including phenoxy) is 1. The van der Waals surface area contributed by atoms with Crippen LogP contribution in [-0.4, -0.2) is 28.7 Å². The summed E-state index contributed by atoms with van der Waals surface area (Å²) in [5.41, 5.74) is 1.46. The lowest BCUT2D eigenvalue weighted by atomic mass is 10.1. The number of alkyl halides is 2. The van der Waals surface area contributed by atoms with E-state index in [1.54, 1.807) is 36.4 Å². The normalized spacial score (nSPS) is 20.1. The molecule has 7 heteroatoms. The second-order valence-corrected chi connectivity index (χ2v) is 7.84. The maximum atomic E-state index is 12.5. The van der Waals surface area contributed by atoms with Crippen molar-refractivity contribution in [1.29, 1.82) is 0 Å². The average Bonchev–Trinajstić information content (AvgIpc) is 3.18. The van der Waals surface area contributed by atoms with Crippen molar-refractivity contribution in [1.82, 2.24) is 0 Å². The number of fused-ring (bicyclic) bond motifs is 1. The summed E-state index contributed by atoms with van der Waals surface area (Å²) >= 11 is 11.8. The summed E-state index contributed by atoms with van der Waals surface area (Å²) in [5.74, 6) is -1.31. The van der Waals surface area contributed by atoms with Crippen LogP contribution >= 0.6 is 23.2 Å². The van der Waals surface area contributed by atoms with Crippen LogP contribution in [0.15, 0.2) is 48.5 Å². The number of benzene rings is 2. The largest absolute Gasteiger partial charge is 0.462 e. The zero-order chi connectivity index (χ0) is 18.5. The monoisotopic (exact) mass is 389 g/mol. The molecule has 0 saturated heterocycles. The molecule has 1 heterocycles. The number of halogens is 2. The maximum absolute atomic E-state index is 12.5. The second kappa shape index (κ2) is 6.11. The van der Waals surface area contributed by atoms with Gasteiger partial charge in [0, 0.05) is 5.92 Å². The van der Waals surface area contributed by atoms with E-state index in [4.69, 9.17) is 27.9 Å². The molecule has 2 aromatic carbocycles. The van der Waals surface area contributed by atoms with Crippen molar-refractivity contribution in [3.8, 4) is 0 Å². The fourth-order valence-electron chi connectivity index (χ4n) is 2.88. The molecular formula is C19H13Cl2NO4. The zero-order valence-corrected chi connectivity index (χ0v) is 15.0. The standard InChI is InChI=1S/C19H13Cl2NO4/c20-19(21)9-12(19)10-26-18(25)11-5-7-13(8-6-11)22-16(23)14-3-1-2-4-15(14)17(22)24/h1-8,12H,9-10H2/t12-/m1/s1.